The maximum Gasteiger partial charge on any atom is 0.266 e. The second kappa shape index (κ2) is 11.4. The molecule has 0 atom stereocenters. The van der Waals surface area contributed by atoms with Gasteiger partial charge in [-0.3, -0.25) is 9.59 Å². The third kappa shape index (κ3) is 6.85. The summed E-state index contributed by atoms with van der Waals surface area (Å²) >= 11 is 12.1. The van der Waals surface area contributed by atoms with E-state index < -0.39 is 5.91 Å². The predicted molar refractivity (Wildman–Crippen MR) is 135 cm³/mol. The highest BCUT2D eigenvalue weighted by molar-refractivity contribution is 6.32. The number of anilines is 2. The Bertz CT molecular complexity index is 1300. The Morgan fingerprint density at radius 1 is 1.00 bits per heavy atom. The summed E-state index contributed by atoms with van der Waals surface area (Å²) in [6.07, 6.45) is 1.43. The number of nitrogens with zero attached hydrogens (tertiary/aromatic N) is 1. The van der Waals surface area contributed by atoms with Crippen LogP contribution < -0.4 is 15.4 Å². The number of nitrogens with one attached hydrogen (secondary N) is 2. The number of amides is 2. The minimum absolute atomic E-state index is 0.0768. The fourth-order valence-electron chi connectivity index (χ4n) is 3.06. The molecule has 0 heterocycles. The molecule has 0 aliphatic heterocycles. The molecule has 0 fully saturated rings. The average Bonchev–Trinajstić information content (AvgIpc) is 2.80. The minimum atomic E-state index is -0.523. The molecule has 0 saturated heterocycles. The van der Waals surface area contributed by atoms with Crippen LogP contribution in [-0.2, 0) is 9.59 Å². The normalized spacial score (nSPS) is 10.9. The lowest BCUT2D eigenvalue weighted by Gasteiger charge is -2.10. The first kappa shape index (κ1) is 24.8. The van der Waals surface area contributed by atoms with E-state index in [9.17, 15) is 14.9 Å². The summed E-state index contributed by atoms with van der Waals surface area (Å²) in [6, 6.07) is 19.0. The molecule has 0 aliphatic carbocycles. The van der Waals surface area contributed by atoms with Gasteiger partial charge in [0.25, 0.3) is 11.8 Å². The van der Waals surface area contributed by atoms with Gasteiger partial charge in [-0.2, -0.15) is 5.26 Å². The Hall–Kier alpha value is -3.79. The summed E-state index contributed by atoms with van der Waals surface area (Å²) in [7, 11) is 0. The molecule has 0 bridgehead atoms. The number of ether oxygens (including phenoxy) is 1. The van der Waals surface area contributed by atoms with E-state index in [2.05, 4.69) is 10.6 Å². The molecular weight excluding hydrogens is 473 g/mol. The van der Waals surface area contributed by atoms with Gasteiger partial charge < -0.3 is 15.4 Å². The molecule has 172 valence electrons. The molecule has 2 amide bonds. The number of aryl methyl sites for hydroxylation is 2. The molecule has 8 heteroatoms. The van der Waals surface area contributed by atoms with Crippen LogP contribution in [0.2, 0.25) is 10.0 Å². The Balaban J connectivity index is 1.64. The molecule has 0 aliphatic rings. The Kier molecular flexibility index (Phi) is 8.31. The van der Waals surface area contributed by atoms with Gasteiger partial charge in [-0.05, 0) is 73.5 Å². The highest BCUT2D eigenvalue weighted by Gasteiger charge is 2.12. The molecule has 2 N–H and O–H groups in total. The lowest BCUT2D eigenvalue weighted by molar-refractivity contribution is -0.118. The first-order valence-corrected chi connectivity index (χ1v) is 11.0. The SMILES string of the molecule is Cc1ccc(NC(=O)/C(C#N)=C/c2ccc(OCC(=O)Nc3ccc(Cl)cc3)c(Cl)c2)c(C)c1. The monoisotopic (exact) mass is 493 g/mol. The third-order valence-electron chi connectivity index (χ3n) is 4.75. The number of benzene rings is 3. The van der Waals surface area contributed by atoms with Gasteiger partial charge in [0.1, 0.15) is 17.4 Å². The van der Waals surface area contributed by atoms with E-state index in [0.29, 0.717) is 27.7 Å². The maximum atomic E-state index is 12.6. The molecule has 6 nitrogen and oxygen atoms in total. The van der Waals surface area contributed by atoms with Gasteiger partial charge in [0.05, 0.1) is 5.02 Å². The highest BCUT2D eigenvalue weighted by atomic mass is 35.5. The first-order chi connectivity index (χ1) is 16.2. The third-order valence-corrected chi connectivity index (χ3v) is 5.30. The van der Waals surface area contributed by atoms with Crippen LogP contribution in [0.15, 0.2) is 66.2 Å². The Morgan fingerprint density at radius 3 is 2.38 bits per heavy atom. The van der Waals surface area contributed by atoms with Crippen molar-refractivity contribution in [3.05, 3.63) is 93.0 Å². The average molecular weight is 494 g/mol. The maximum absolute atomic E-state index is 12.6. The quantitative estimate of drug-likeness (QED) is 0.304. The minimum Gasteiger partial charge on any atom is -0.482 e. The largest absolute Gasteiger partial charge is 0.482 e. The lowest BCUT2D eigenvalue weighted by atomic mass is 10.1. The van der Waals surface area contributed by atoms with Crippen molar-refractivity contribution in [2.45, 2.75) is 13.8 Å². The fourth-order valence-corrected chi connectivity index (χ4v) is 3.43. The van der Waals surface area contributed by atoms with Crippen LogP contribution >= 0.6 is 23.2 Å². The van der Waals surface area contributed by atoms with E-state index in [0.717, 1.165) is 11.1 Å². The zero-order valence-electron chi connectivity index (χ0n) is 18.5. The first-order valence-electron chi connectivity index (χ1n) is 10.2. The van der Waals surface area contributed by atoms with E-state index in [4.69, 9.17) is 27.9 Å². The zero-order valence-corrected chi connectivity index (χ0v) is 20.0. The summed E-state index contributed by atoms with van der Waals surface area (Å²) in [5, 5.41) is 15.7. The van der Waals surface area contributed by atoms with Gasteiger partial charge in [-0.1, -0.05) is 47.0 Å². The van der Waals surface area contributed by atoms with Crippen LogP contribution in [0.1, 0.15) is 16.7 Å². The summed E-state index contributed by atoms with van der Waals surface area (Å²) in [5.74, 6) is -0.592. The molecule has 3 aromatic carbocycles. The van der Waals surface area contributed by atoms with Crippen LogP contribution in [0.25, 0.3) is 6.08 Å². The van der Waals surface area contributed by atoms with Crippen LogP contribution in [0.5, 0.6) is 5.75 Å². The van der Waals surface area contributed by atoms with Gasteiger partial charge in [-0.15, -0.1) is 0 Å². The summed E-state index contributed by atoms with van der Waals surface area (Å²) in [4.78, 5) is 24.7. The summed E-state index contributed by atoms with van der Waals surface area (Å²) in [5.41, 5.74) is 3.66. The standard InChI is InChI=1S/C26H21Cl2N3O3/c1-16-3-9-23(17(2)11-16)31-26(33)19(14-29)12-18-4-10-24(22(28)13-18)34-15-25(32)30-21-7-5-20(27)6-8-21/h3-13H,15H2,1-2H3,(H,30,32)(H,31,33)/b19-12+. The number of hydrogen-bond donors (Lipinski definition) is 2. The van der Waals surface area contributed by atoms with Crippen LogP contribution in [0, 0.1) is 25.2 Å². The van der Waals surface area contributed by atoms with Crippen molar-refractivity contribution >= 4 is 52.5 Å². The molecule has 0 unspecified atom stereocenters. The van der Waals surface area contributed by atoms with E-state index in [1.807, 2.05) is 32.0 Å². The van der Waals surface area contributed by atoms with Gasteiger partial charge in [0, 0.05) is 16.4 Å². The van der Waals surface area contributed by atoms with Crippen molar-refractivity contribution in [3.63, 3.8) is 0 Å². The van der Waals surface area contributed by atoms with E-state index >= 15 is 0 Å². The number of rotatable bonds is 7. The van der Waals surface area contributed by atoms with Crippen molar-refractivity contribution in [1.82, 2.24) is 0 Å². The van der Waals surface area contributed by atoms with Crippen molar-refractivity contribution in [3.8, 4) is 11.8 Å². The van der Waals surface area contributed by atoms with E-state index in [1.54, 1.807) is 48.5 Å². The molecular formula is C26H21Cl2N3O3. The Morgan fingerprint density at radius 2 is 1.74 bits per heavy atom. The van der Waals surface area contributed by atoms with Crippen molar-refractivity contribution < 1.29 is 14.3 Å². The smallest absolute Gasteiger partial charge is 0.266 e. The number of hydrogen-bond acceptors (Lipinski definition) is 4. The molecule has 3 aromatic rings. The van der Waals surface area contributed by atoms with Gasteiger partial charge in [0.2, 0.25) is 0 Å². The zero-order chi connectivity index (χ0) is 24.7. The molecule has 0 saturated carbocycles. The predicted octanol–water partition coefficient (Wildman–Crippen LogP) is 6.17. The van der Waals surface area contributed by atoms with Gasteiger partial charge in [-0.25, -0.2) is 0 Å². The number of carbonyl (C=O) groups is 2. The number of nitriles is 1. The number of carbonyl (C=O) groups excluding carboxylic acids is 2. The van der Waals surface area contributed by atoms with Gasteiger partial charge >= 0.3 is 0 Å². The second-order valence-electron chi connectivity index (χ2n) is 7.48. The molecule has 34 heavy (non-hydrogen) atoms. The summed E-state index contributed by atoms with van der Waals surface area (Å²) < 4.78 is 5.50. The molecule has 0 radical (unpaired) electrons. The molecule has 0 spiro atoms. The summed E-state index contributed by atoms with van der Waals surface area (Å²) in [6.45, 7) is 3.59. The van der Waals surface area contributed by atoms with Crippen molar-refractivity contribution in [2.24, 2.45) is 0 Å². The van der Waals surface area contributed by atoms with Crippen LogP contribution in [-0.4, -0.2) is 18.4 Å². The van der Waals surface area contributed by atoms with E-state index in [-0.39, 0.29) is 23.1 Å². The van der Waals surface area contributed by atoms with Crippen molar-refractivity contribution in [2.75, 3.05) is 17.2 Å². The number of halogens is 2. The second-order valence-corrected chi connectivity index (χ2v) is 8.32. The van der Waals surface area contributed by atoms with Gasteiger partial charge in [0.15, 0.2) is 6.61 Å². The Labute approximate surface area is 207 Å². The highest BCUT2D eigenvalue weighted by Crippen LogP contribution is 2.27. The molecule has 0 aromatic heterocycles. The van der Waals surface area contributed by atoms with Crippen molar-refractivity contribution in [1.29, 1.82) is 5.26 Å². The van der Waals surface area contributed by atoms with Crippen LogP contribution in [0.4, 0.5) is 11.4 Å². The fraction of sp³-hybridized carbons (Fsp3) is 0.115. The van der Waals surface area contributed by atoms with E-state index in [1.165, 1.54) is 6.08 Å². The lowest BCUT2D eigenvalue weighted by Crippen LogP contribution is -2.20. The van der Waals surface area contributed by atoms with Crippen LogP contribution in [0.3, 0.4) is 0 Å². The molecule has 3 rings (SSSR count). The topological polar surface area (TPSA) is 91.2 Å².